The average molecular weight is 368 g/mol. The second-order valence-corrected chi connectivity index (χ2v) is 6.73. The molecule has 0 spiro atoms. The molecule has 25 heavy (non-hydrogen) atoms. The van der Waals surface area contributed by atoms with Crippen LogP contribution in [0.15, 0.2) is 18.2 Å². The van der Waals surface area contributed by atoms with Gasteiger partial charge in [-0.25, -0.2) is 0 Å². The summed E-state index contributed by atoms with van der Waals surface area (Å²) < 4.78 is 5.26. The first-order valence-electron chi connectivity index (χ1n) is 8.59. The molecule has 0 aliphatic carbocycles. The number of ether oxygens (including phenoxy) is 1. The Morgan fingerprint density at radius 2 is 1.96 bits per heavy atom. The van der Waals surface area contributed by atoms with Crippen molar-refractivity contribution >= 4 is 23.4 Å². The van der Waals surface area contributed by atoms with E-state index >= 15 is 0 Å². The number of hydrogen-bond donors (Lipinski definition) is 1. The maximum Gasteiger partial charge on any atom is 0.257 e. The molecule has 2 rings (SSSR count). The first-order valence-corrected chi connectivity index (χ1v) is 8.97. The number of amides is 2. The number of halogens is 1. The minimum absolute atomic E-state index is 0.0330. The van der Waals surface area contributed by atoms with Crippen molar-refractivity contribution in [1.82, 2.24) is 15.1 Å². The number of carbonyl (C=O) groups excluding carboxylic acids is 2. The van der Waals surface area contributed by atoms with Crippen LogP contribution in [0.4, 0.5) is 0 Å². The van der Waals surface area contributed by atoms with Gasteiger partial charge < -0.3 is 15.0 Å². The Labute approximate surface area is 154 Å². The Bertz CT molecular complexity index is 616. The van der Waals surface area contributed by atoms with Crippen LogP contribution < -0.4 is 10.1 Å². The van der Waals surface area contributed by atoms with Crippen LogP contribution in [0.1, 0.15) is 30.6 Å². The van der Waals surface area contributed by atoms with Crippen molar-refractivity contribution in [1.29, 1.82) is 0 Å². The predicted octanol–water partition coefficient (Wildman–Crippen LogP) is 2.02. The fourth-order valence-electron chi connectivity index (χ4n) is 2.75. The van der Waals surface area contributed by atoms with Crippen molar-refractivity contribution < 1.29 is 14.3 Å². The van der Waals surface area contributed by atoms with E-state index in [0.29, 0.717) is 49.1 Å². The Balaban J connectivity index is 1.90. The molecular weight excluding hydrogens is 342 g/mol. The summed E-state index contributed by atoms with van der Waals surface area (Å²) in [4.78, 5) is 28.5. The van der Waals surface area contributed by atoms with Crippen LogP contribution in [0.3, 0.4) is 0 Å². The number of hydrogen-bond acceptors (Lipinski definition) is 4. The summed E-state index contributed by atoms with van der Waals surface area (Å²) in [5.74, 6) is 0.457. The van der Waals surface area contributed by atoms with E-state index in [1.807, 2.05) is 13.8 Å². The molecule has 1 N–H and O–H groups in total. The molecule has 1 aliphatic heterocycles. The molecule has 1 atom stereocenters. The quantitative estimate of drug-likeness (QED) is 0.835. The number of benzene rings is 1. The zero-order valence-corrected chi connectivity index (χ0v) is 15.8. The molecule has 1 aromatic rings. The van der Waals surface area contributed by atoms with Crippen LogP contribution >= 0.6 is 11.6 Å². The Morgan fingerprint density at radius 1 is 1.28 bits per heavy atom. The van der Waals surface area contributed by atoms with Gasteiger partial charge in [0.25, 0.3) is 5.91 Å². The highest BCUT2D eigenvalue weighted by atomic mass is 35.5. The maximum atomic E-state index is 12.7. The number of nitrogens with one attached hydrogen (secondary N) is 1. The van der Waals surface area contributed by atoms with Gasteiger partial charge in [-0.15, -0.1) is 0 Å². The standard InChI is InChI=1S/C18H26ClN3O3/c1-4-13(2)20-17(23)12-21-7-9-22(10-8-21)18(24)15-11-14(19)5-6-16(15)25-3/h5-6,11,13H,4,7-10,12H2,1-3H3,(H,20,23). The van der Waals surface area contributed by atoms with Gasteiger partial charge in [-0.2, -0.15) is 0 Å². The van der Waals surface area contributed by atoms with E-state index < -0.39 is 0 Å². The van der Waals surface area contributed by atoms with Crippen LogP contribution in [-0.2, 0) is 4.79 Å². The van der Waals surface area contributed by atoms with E-state index in [1.165, 1.54) is 7.11 Å². The van der Waals surface area contributed by atoms with Crippen LogP contribution in [-0.4, -0.2) is 67.5 Å². The molecule has 0 aromatic heterocycles. The molecule has 138 valence electrons. The number of rotatable bonds is 6. The van der Waals surface area contributed by atoms with Gasteiger partial charge in [-0.3, -0.25) is 14.5 Å². The van der Waals surface area contributed by atoms with Crippen LogP contribution in [0.25, 0.3) is 0 Å². The molecule has 1 fully saturated rings. The van der Waals surface area contributed by atoms with E-state index in [4.69, 9.17) is 16.3 Å². The smallest absolute Gasteiger partial charge is 0.257 e. The molecule has 0 bridgehead atoms. The molecule has 0 saturated carbocycles. The highest BCUT2D eigenvalue weighted by molar-refractivity contribution is 6.31. The number of piperazine rings is 1. The third-order valence-electron chi connectivity index (χ3n) is 4.44. The summed E-state index contributed by atoms with van der Waals surface area (Å²) in [6, 6.07) is 5.22. The largest absolute Gasteiger partial charge is 0.496 e. The summed E-state index contributed by atoms with van der Waals surface area (Å²) in [6.07, 6.45) is 0.912. The third kappa shape index (κ3) is 5.34. The fourth-order valence-corrected chi connectivity index (χ4v) is 2.92. The Morgan fingerprint density at radius 3 is 2.56 bits per heavy atom. The number of nitrogens with zero attached hydrogens (tertiary/aromatic N) is 2. The molecule has 1 saturated heterocycles. The normalized spacial score (nSPS) is 16.4. The van der Waals surface area contributed by atoms with E-state index in [1.54, 1.807) is 23.1 Å². The van der Waals surface area contributed by atoms with Crippen molar-refractivity contribution in [2.75, 3.05) is 39.8 Å². The lowest BCUT2D eigenvalue weighted by molar-refractivity contribution is -0.123. The second-order valence-electron chi connectivity index (χ2n) is 6.29. The SMILES string of the molecule is CCC(C)NC(=O)CN1CCN(C(=O)c2cc(Cl)ccc2OC)CC1. The molecule has 1 unspecified atom stereocenters. The molecule has 1 aliphatic rings. The molecule has 1 heterocycles. The summed E-state index contributed by atoms with van der Waals surface area (Å²) in [7, 11) is 1.54. The Hall–Kier alpha value is -1.79. The summed E-state index contributed by atoms with van der Waals surface area (Å²) in [5, 5.41) is 3.47. The average Bonchev–Trinajstić information content (AvgIpc) is 2.61. The van der Waals surface area contributed by atoms with Gasteiger partial charge in [0.05, 0.1) is 19.2 Å². The van der Waals surface area contributed by atoms with Crippen LogP contribution in [0, 0.1) is 0 Å². The lowest BCUT2D eigenvalue weighted by atomic mass is 10.1. The number of methoxy groups -OCH3 is 1. The molecule has 6 nitrogen and oxygen atoms in total. The van der Waals surface area contributed by atoms with Crippen molar-refractivity contribution in [3.63, 3.8) is 0 Å². The molecule has 7 heteroatoms. The highest BCUT2D eigenvalue weighted by Gasteiger charge is 2.25. The van der Waals surface area contributed by atoms with Crippen molar-refractivity contribution in [2.24, 2.45) is 0 Å². The van der Waals surface area contributed by atoms with Gasteiger partial charge >= 0.3 is 0 Å². The summed E-state index contributed by atoms with van der Waals surface area (Å²) in [6.45, 7) is 6.89. The van der Waals surface area contributed by atoms with Crippen molar-refractivity contribution in [2.45, 2.75) is 26.3 Å². The van der Waals surface area contributed by atoms with Gasteiger partial charge in [-0.1, -0.05) is 18.5 Å². The lowest BCUT2D eigenvalue weighted by Crippen LogP contribution is -2.51. The molecule has 2 amide bonds. The zero-order chi connectivity index (χ0) is 18.4. The topological polar surface area (TPSA) is 61.9 Å². The molecule has 1 aromatic carbocycles. The van der Waals surface area contributed by atoms with Gasteiger partial charge in [0.1, 0.15) is 5.75 Å². The minimum Gasteiger partial charge on any atom is -0.496 e. The second kappa shape index (κ2) is 9.06. The Kier molecular flexibility index (Phi) is 7.08. The number of carbonyl (C=O) groups is 2. The van der Waals surface area contributed by atoms with Gasteiger partial charge in [0.2, 0.25) is 5.91 Å². The van der Waals surface area contributed by atoms with E-state index in [9.17, 15) is 9.59 Å². The van der Waals surface area contributed by atoms with Gasteiger partial charge in [0, 0.05) is 37.2 Å². The summed E-state index contributed by atoms with van der Waals surface area (Å²) in [5.41, 5.74) is 0.470. The summed E-state index contributed by atoms with van der Waals surface area (Å²) >= 11 is 6.01. The molecular formula is C18H26ClN3O3. The highest BCUT2D eigenvalue weighted by Crippen LogP contribution is 2.24. The van der Waals surface area contributed by atoms with Gasteiger partial charge in [-0.05, 0) is 31.5 Å². The van der Waals surface area contributed by atoms with Crippen molar-refractivity contribution in [3.8, 4) is 5.75 Å². The monoisotopic (exact) mass is 367 g/mol. The molecule has 0 radical (unpaired) electrons. The predicted molar refractivity (Wildman–Crippen MR) is 98.2 cm³/mol. The first kappa shape index (κ1) is 19.5. The maximum absolute atomic E-state index is 12.7. The van der Waals surface area contributed by atoms with Crippen LogP contribution in [0.2, 0.25) is 5.02 Å². The fraction of sp³-hybridized carbons (Fsp3) is 0.556. The minimum atomic E-state index is -0.0944. The third-order valence-corrected chi connectivity index (χ3v) is 4.67. The van der Waals surface area contributed by atoms with E-state index in [2.05, 4.69) is 10.2 Å². The van der Waals surface area contributed by atoms with Gasteiger partial charge in [0.15, 0.2) is 0 Å². The lowest BCUT2D eigenvalue weighted by Gasteiger charge is -2.34. The van der Waals surface area contributed by atoms with Crippen molar-refractivity contribution in [3.05, 3.63) is 28.8 Å². The zero-order valence-electron chi connectivity index (χ0n) is 15.0. The van der Waals surface area contributed by atoms with E-state index in [-0.39, 0.29) is 17.9 Å². The van der Waals surface area contributed by atoms with E-state index in [0.717, 1.165) is 6.42 Å². The first-order chi connectivity index (χ1) is 11.9. The van der Waals surface area contributed by atoms with Crippen LogP contribution in [0.5, 0.6) is 5.75 Å².